The summed E-state index contributed by atoms with van der Waals surface area (Å²) >= 11 is 6.33. The molecule has 39 heavy (non-hydrogen) atoms. The summed E-state index contributed by atoms with van der Waals surface area (Å²) in [4.78, 5) is 21.6. The van der Waals surface area contributed by atoms with Gasteiger partial charge in [0, 0.05) is 54.4 Å². The Morgan fingerprint density at radius 3 is 2.59 bits per heavy atom. The van der Waals surface area contributed by atoms with Crippen molar-refractivity contribution in [2.75, 3.05) is 37.7 Å². The van der Waals surface area contributed by atoms with E-state index >= 15 is 0 Å². The molecule has 9 nitrogen and oxygen atoms in total. The number of benzene rings is 2. The highest BCUT2D eigenvalue weighted by molar-refractivity contribution is 6.30. The molecule has 4 heterocycles. The number of aromatic amines is 1. The summed E-state index contributed by atoms with van der Waals surface area (Å²) in [6.45, 7) is 10.6. The van der Waals surface area contributed by atoms with E-state index in [2.05, 4.69) is 56.3 Å². The predicted octanol–water partition coefficient (Wildman–Crippen LogP) is 4.18. The molecular formula is C29H34ClN7O2. The second-order valence-electron chi connectivity index (χ2n) is 10.8. The number of aromatic nitrogens is 5. The lowest BCUT2D eigenvalue weighted by atomic mass is 9.99. The van der Waals surface area contributed by atoms with Crippen molar-refractivity contribution in [1.29, 1.82) is 0 Å². The summed E-state index contributed by atoms with van der Waals surface area (Å²) in [6, 6.07) is 11.8. The number of piperazine rings is 1. The molecule has 2 aromatic carbocycles. The Morgan fingerprint density at radius 1 is 1.05 bits per heavy atom. The number of aryl methyl sites for hydroxylation is 3. The van der Waals surface area contributed by atoms with Crippen LogP contribution in [0.5, 0.6) is 0 Å². The van der Waals surface area contributed by atoms with Crippen LogP contribution in [0, 0.1) is 20.8 Å². The molecule has 2 atom stereocenters. The standard InChI is InChI=1S/C29H34ClN7O2/c1-18-6-7-20(3)26-23(18)16-24(29(38)31-26)27(28-32-33-34-37(28)17-22-5-4-14-39-22)36-12-10-35(11-13-36)25-15-21(30)9-8-19(25)2/h6-9,15-16,22,27H,4-5,10-14,17H2,1-3H3,(H,31,38)/t22-,27-/m0/s1. The number of ether oxygens (including phenoxy) is 1. The van der Waals surface area contributed by atoms with Gasteiger partial charge in [-0.15, -0.1) is 5.10 Å². The minimum Gasteiger partial charge on any atom is -0.376 e. The fourth-order valence-corrected chi connectivity index (χ4v) is 6.12. The number of fused-ring (bicyclic) bond motifs is 1. The highest BCUT2D eigenvalue weighted by Gasteiger charge is 2.34. The van der Waals surface area contributed by atoms with Gasteiger partial charge in [-0.05, 0) is 78.9 Å². The van der Waals surface area contributed by atoms with Crippen molar-refractivity contribution >= 4 is 28.2 Å². The quantitative estimate of drug-likeness (QED) is 0.387. The SMILES string of the molecule is Cc1ccc(Cl)cc1N1CCN([C@@H](c2cc3c(C)ccc(C)c3[nH]c2=O)c2nnnn2C[C@@H]2CCCO2)CC1. The first kappa shape index (κ1) is 26.0. The maximum Gasteiger partial charge on any atom is 0.253 e. The molecule has 0 radical (unpaired) electrons. The Kier molecular flexibility index (Phi) is 7.14. The van der Waals surface area contributed by atoms with E-state index in [4.69, 9.17) is 16.3 Å². The molecule has 2 fully saturated rings. The smallest absolute Gasteiger partial charge is 0.253 e. The molecule has 0 spiro atoms. The molecule has 2 saturated heterocycles. The van der Waals surface area contributed by atoms with E-state index in [0.717, 1.165) is 78.4 Å². The third-order valence-corrected chi connectivity index (χ3v) is 8.40. The number of pyridine rings is 1. The molecule has 2 aliphatic heterocycles. The number of rotatable bonds is 6. The van der Waals surface area contributed by atoms with E-state index in [9.17, 15) is 4.79 Å². The fraction of sp³-hybridized carbons (Fsp3) is 0.448. The number of anilines is 1. The molecule has 0 aliphatic carbocycles. The van der Waals surface area contributed by atoms with Crippen molar-refractivity contribution in [3.8, 4) is 0 Å². The average Bonchev–Trinajstić information content (AvgIpc) is 3.62. The van der Waals surface area contributed by atoms with E-state index in [1.165, 1.54) is 5.56 Å². The Balaban J connectivity index is 1.39. The van der Waals surface area contributed by atoms with Gasteiger partial charge < -0.3 is 14.6 Å². The zero-order chi connectivity index (χ0) is 27.1. The second-order valence-corrected chi connectivity index (χ2v) is 11.2. The molecule has 10 heteroatoms. The molecule has 1 N–H and O–H groups in total. The maximum absolute atomic E-state index is 13.7. The first-order chi connectivity index (χ1) is 18.9. The molecular weight excluding hydrogens is 514 g/mol. The highest BCUT2D eigenvalue weighted by atomic mass is 35.5. The molecule has 2 aromatic heterocycles. The number of nitrogens with zero attached hydrogens (tertiary/aromatic N) is 6. The number of halogens is 1. The first-order valence-corrected chi connectivity index (χ1v) is 14.0. The first-order valence-electron chi connectivity index (χ1n) is 13.6. The lowest BCUT2D eigenvalue weighted by Gasteiger charge is -2.40. The number of tetrazole rings is 1. The van der Waals surface area contributed by atoms with Crippen LogP contribution in [0.3, 0.4) is 0 Å². The summed E-state index contributed by atoms with van der Waals surface area (Å²) < 4.78 is 7.73. The Labute approximate surface area is 232 Å². The van der Waals surface area contributed by atoms with Gasteiger partial charge in [0.1, 0.15) is 6.04 Å². The number of hydrogen-bond donors (Lipinski definition) is 1. The van der Waals surface area contributed by atoms with Gasteiger partial charge in [-0.25, -0.2) is 4.68 Å². The van der Waals surface area contributed by atoms with Crippen molar-refractivity contribution in [3.63, 3.8) is 0 Å². The van der Waals surface area contributed by atoms with Gasteiger partial charge in [0.2, 0.25) is 0 Å². The topological polar surface area (TPSA) is 92.2 Å². The van der Waals surface area contributed by atoms with Crippen LogP contribution in [0.2, 0.25) is 5.02 Å². The normalized spacial score (nSPS) is 19.2. The van der Waals surface area contributed by atoms with Gasteiger partial charge in [0.05, 0.1) is 18.2 Å². The minimum atomic E-state index is -0.392. The molecule has 0 bridgehead atoms. The van der Waals surface area contributed by atoms with Crippen molar-refractivity contribution in [2.24, 2.45) is 0 Å². The van der Waals surface area contributed by atoms with Gasteiger partial charge in [-0.3, -0.25) is 9.69 Å². The number of hydrogen-bond acceptors (Lipinski definition) is 7. The zero-order valence-electron chi connectivity index (χ0n) is 22.7. The molecule has 0 unspecified atom stereocenters. The summed E-state index contributed by atoms with van der Waals surface area (Å²) in [7, 11) is 0. The summed E-state index contributed by atoms with van der Waals surface area (Å²) in [5, 5.41) is 14.7. The predicted molar refractivity (Wildman–Crippen MR) is 153 cm³/mol. The van der Waals surface area contributed by atoms with E-state index in [1.807, 2.05) is 35.9 Å². The lowest BCUT2D eigenvalue weighted by Crippen LogP contribution is -2.49. The summed E-state index contributed by atoms with van der Waals surface area (Å²) in [5.41, 5.74) is 5.94. The molecule has 204 valence electrons. The highest BCUT2D eigenvalue weighted by Crippen LogP contribution is 2.32. The number of nitrogens with one attached hydrogen (secondary N) is 1. The van der Waals surface area contributed by atoms with Gasteiger partial charge in [-0.1, -0.05) is 29.8 Å². The van der Waals surface area contributed by atoms with Crippen molar-refractivity contribution in [2.45, 2.75) is 52.3 Å². The summed E-state index contributed by atoms with van der Waals surface area (Å²) in [5.74, 6) is 0.674. The zero-order valence-corrected chi connectivity index (χ0v) is 23.4. The Morgan fingerprint density at radius 2 is 1.82 bits per heavy atom. The van der Waals surface area contributed by atoms with Gasteiger partial charge >= 0.3 is 0 Å². The van der Waals surface area contributed by atoms with Crippen LogP contribution in [0.1, 0.15) is 47.0 Å². The molecule has 6 rings (SSSR count). The maximum atomic E-state index is 13.7. The van der Waals surface area contributed by atoms with Crippen LogP contribution in [0.4, 0.5) is 5.69 Å². The summed E-state index contributed by atoms with van der Waals surface area (Å²) in [6.07, 6.45) is 2.10. The fourth-order valence-electron chi connectivity index (χ4n) is 5.96. The molecule has 4 aromatic rings. The van der Waals surface area contributed by atoms with E-state index in [-0.39, 0.29) is 11.7 Å². The Hall–Kier alpha value is -3.27. The van der Waals surface area contributed by atoms with Crippen LogP contribution in [0.25, 0.3) is 10.9 Å². The third kappa shape index (κ3) is 5.06. The van der Waals surface area contributed by atoms with Crippen molar-refractivity contribution < 1.29 is 4.74 Å². The third-order valence-electron chi connectivity index (χ3n) is 8.16. The van der Waals surface area contributed by atoms with E-state index < -0.39 is 6.04 Å². The van der Waals surface area contributed by atoms with Crippen LogP contribution in [-0.4, -0.2) is 69.0 Å². The van der Waals surface area contributed by atoms with Gasteiger partial charge in [0.15, 0.2) is 5.82 Å². The average molecular weight is 548 g/mol. The molecule has 0 saturated carbocycles. The minimum absolute atomic E-state index is 0.0790. The van der Waals surface area contributed by atoms with Gasteiger partial charge in [-0.2, -0.15) is 0 Å². The van der Waals surface area contributed by atoms with Crippen LogP contribution in [-0.2, 0) is 11.3 Å². The van der Waals surface area contributed by atoms with Crippen LogP contribution in [0.15, 0.2) is 41.2 Å². The van der Waals surface area contributed by atoms with Gasteiger partial charge in [0.25, 0.3) is 5.56 Å². The monoisotopic (exact) mass is 547 g/mol. The van der Waals surface area contributed by atoms with Crippen LogP contribution >= 0.6 is 11.6 Å². The largest absolute Gasteiger partial charge is 0.376 e. The van der Waals surface area contributed by atoms with E-state index in [1.54, 1.807) is 0 Å². The Bertz CT molecular complexity index is 1550. The lowest BCUT2D eigenvalue weighted by molar-refractivity contribution is 0.0906. The molecule has 0 amide bonds. The van der Waals surface area contributed by atoms with Crippen LogP contribution < -0.4 is 10.5 Å². The van der Waals surface area contributed by atoms with E-state index in [0.29, 0.717) is 17.9 Å². The van der Waals surface area contributed by atoms with Crippen molar-refractivity contribution in [1.82, 2.24) is 30.1 Å². The second kappa shape index (κ2) is 10.7. The number of H-pyrrole nitrogens is 1. The van der Waals surface area contributed by atoms with Crippen molar-refractivity contribution in [3.05, 3.63) is 79.9 Å². The molecule has 2 aliphatic rings.